The molecule has 0 aliphatic carbocycles. The topological polar surface area (TPSA) is 63.8 Å². The lowest BCUT2D eigenvalue weighted by Crippen LogP contribution is -2.14. The largest absolute Gasteiger partial charge is 0.478 e. The van der Waals surface area contributed by atoms with Crippen LogP contribution in [0.15, 0.2) is 24.5 Å². The number of hydrogen-bond acceptors (Lipinski definition) is 3. The molecular weight excluding hydrogens is 232 g/mol. The second-order valence-electron chi connectivity index (χ2n) is 4.54. The van der Waals surface area contributed by atoms with E-state index in [0.717, 1.165) is 37.4 Å². The first-order valence-corrected chi connectivity index (χ1v) is 6.04. The van der Waals surface area contributed by atoms with E-state index in [9.17, 15) is 4.79 Å². The lowest BCUT2D eigenvalue weighted by Gasteiger charge is -2.19. The molecule has 3 heterocycles. The van der Waals surface area contributed by atoms with Gasteiger partial charge in [0, 0.05) is 31.5 Å². The number of imidazole rings is 1. The van der Waals surface area contributed by atoms with Gasteiger partial charge in [-0.3, -0.25) is 0 Å². The van der Waals surface area contributed by atoms with E-state index in [0.29, 0.717) is 5.92 Å². The first-order valence-electron chi connectivity index (χ1n) is 6.04. The lowest BCUT2D eigenvalue weighted by atomic mass is 9.97. The van der Waals surface area contributed by atoms with Crippen molar-refractivity contribution >= 4 is 11.6 Å². The van der Waals surface area contributed by atoms with Gasteiger partial charge in [0.15, 0.2) is 0 Å². The van der Waals surface area contributed by atoms with Gasteiger partial charge in [0.2, 0.25) is 0 Å². The van der Waals surface area contributed by atoms with E-state index in [4.69, 9.17) is 9.84 Å². The van der Waals surface area contributed by atoms with Crippen molar-refractivity contribution < 1.29 is 14.6 Å². The minimum Gasteiger partial charge on any atom is -0.478 e. The van der Waals surface area contributed by atoms with Crippen molar-refractivity contribution in [2.24, 2.45) is 0 Å². The van der Waals surface area contributed by atoms with Gasteiger partial charge in [-0.1, -0.05) is 0 Å². The van der Waals surface area contributed by atoms with Crippen LogP contribution in [0, 0.1) is 0 Å². The molecule has 2 aromatic heterocycles. The normalized spacial score (nSPS) is 17.1. The minimum absolute atomic E-state index is 0.276. The van der Waals surface area contributed by atoms with E-state index in [1.165, 1.54) is 0 Å². The van der Waals surface area contributed by atoms with Crippen molar-refractivity contribution in [3.63, 3.8) is 0 Å². The maximum atomic E-state index is 10.9. The van der Waals surface area contributed by atoms with Crippen molar-refractivity contribution in [3.05, 3.63) is 35.8 Å². The summed E-state index contributed by atoms with van der Waals surface area (Å²) in [7, 11) is 0. The molecule has 0 bridgehead atoms. The molecule has 1 aliphatic heterocycles. The Morgan fingerprint density at radius 2 is 2.11 bits per heavy atom. The van der Waals surface area contributed by atoms with Crippen LogP contribution < -0.4 is 0 Å². The van der Waals surface area contributed by atoms with Gasteiger partial charge < -0.3 is 14.2 Å². The molecule has 18 heavy (non-hydrogen) atoms. The molecule has 5 nitrogen and oxygen atoms in total. The minimum atomic E-state index is -0.918. The van der Waals surface area contributed by atoms with Crippen LogP contribution in [0.5, 0.6) is 0 Å². The van der Waals surface area contributed by atoms with Crippen molar-refractivity contribution in [1.29, 1.82) is 0 Å². The molecule has 1 fully saturated rings. The van der Waals surface area contributed by atoms with E-state index < -0.39 is 5.97 Å². The number of ether oxygens (including phenoxy) is 1. The third kappa shape index (κ3) is 1.97. The molecule has 5 heteroatoms. The highest BCUT2D eigenvalue weighted by molar-refractivity contribution is 5.87. The lowest BCUT2D eigenvalue weighted by molar-refractivity contribution is 0.0696. The summed E-state index contributed by atoms with van der Waals surface area (Å²) < 4.78 is 7.12. The molecule has 0 amide bonds. The van der Waals surface area contributed by atoms with Gasteiger partial charge in [-0.2, -0.15) is 0 Å². The standard InChI is InChI=1S/C13H14N2O3/c16-13(17)10-1-2-12-14-11(8-15(12)7-10)9-3-5-18-6-4-9/h1-2,7-9H,3-6H2,(H,16,17). The van der Waals surface area contributed by atoms with Crippen LogP contribution in [0.3, 0.4) is 0 Å². The summed E-state index contributed by atoms with van der Waals surface area (Å²) in [6.45, 7) is 1.55. The Balaban J connectivity index is 1.97. The highest BCUT2D eigenvalue weighted by atomic mass is 16.5. The van der Waals surface area contributed by atoms with Gasteiger partial charge in [-0.15, -0.1) is 0 Å². The average molecular weight is 246 g/mol. The quantitative estimate of drug-likeness (QED) is 0.879. The Morgan fingerprint density at radius 1 is 1.33 bits per heavy atom. The number of carboxylic acid groups (broad SMARTS) is 1. The van der Waals surface area contributed by atoms with E-state index in [-0.39, 0.29) is 5.56 Å². The van der Waals surface area contributed by atoms with E-state index in [1.54, 1.807) is 22.7 Å². The zero-order chi connectivity index (χ0) is 12.5. The predicted molar refractivity (Wildman–Crippen MR) is 64.9 cm³/mol. The van der Waals surface area contributed by atoms with Crippen LogP contribution in [0.2, 0.25) is 0 Å². The van der Waals surface area contributed by atoms with E-state index >= 15 is 0 Å². The summed E-state index contributed by atoms with van der Waals surface area (Å²) in [6.07, 6.45) is 5.50. The van der Waals surface area contributed by atoms with Crippen molar-refractivity contribution in [2.45, 2.75) is 18.8 Å². The Hall–Kier alpha value is -1.88. The summed E-state index contributed by atoms with van der Waals surface area (Å²) >= 11 is 0. The molecule has 0 spiro atoms. The van der Waals surface area contributed by atoms with Crippen LogP contribution in [-0.4, -0.2) is 33.7 Å². The Kier molecular flexibility index (Phi) is 2.76. The van der Waals surface area contributed by atoms with Crippen LogP contribution in [0.4, 0.5) is 0 Å². The highest BCUT2D eigenvalue weighted by Crippen LogP contribution is 2.26. The van der Waals surface area contributed by atoms with Crippen LogP contribution in [0.1, 0.15) is 34.8 Å². The van der Waals surface area contributed by atoms with Gasteiger partial charge in [0.25, 0.3) is 0 Å². The molecule has 2 aromatic rings. The number of pyridine rings is 1. The van der Waals surface area contributed by atoms with E-state index in [2.05, 4.69) is 4.98 Å². The number of hydrogen-bond donors (Lipinski definition) is 1. The molecule has 0 unspecified atom stereocenters. The first-order chi connectivity index (χ1) is 8.74. The zero-order valence-corrected chi connectivity index (χ0v) is 9.87. The predicted octanol–water partition coefficient (Wildman–Crippen LogP) is 1.93. The smallest absolute Gasteiger partial charge is 0.337 e. The molecule has 0 radical (unpaired) electrons. The molecule has 0 aromatic carbocycles. The Labute approximate surface area is 104 Å². The maximum absolute atomic E-state index is 10.9. The Bertz CT molecular complexity index is 585. The Morgan fingerprint density at radius 3 is 2.83 bits per heavy atom. The summed E-state index contributed by atoms with van der Waals surface area (Å²) in [4.78, 5) is 15.5. The number of carboxylic acids is 1. The van der Waals surface area contributed by atoms with Gasteiger partial charge in [0.05, 0.1) is 11.3 Å². The molecule has 0 atom stereocenters. The number of fused-ring (bicyclic) bond motifs is 1. The summed E-state index contributed by atoms with van der Waals surface area (Å²) in [6, 6.07) is 3.32. The second kappa shape index (κ2) is 4.42. The third-order valence-electron chi connectivity index (χ3n) is 3.36. The second-order valence-corrected chi connectivity index (χ2v) is 4.54. The molecule has 94 valence electrons. The zero-order valence-electron chi connectivity index (χ0n) is 9.87. The molecular formula is C13H14N2O3. The monoisotopic (exact) mass is 246 g/mol. The van der Waals surface area contributed by atoms with Crippen LogP contribution in [0.25, 0.3) is 5.65 Å². The van der Waals surface area contributed by atoms with Crippen LogP contribution >= 0.6 is 0 Å². The SMILES string of the molecule is O=C(O)c1ccc2nc(C3CCOCC3)cn2c1. The summed E-state index contributed by atoms with van der Waals surface area (Å²) in [5.41, 5.74) is 2.10. The average Bonchev–Trinajstić information content (AvgIpc) is 2.82. The molecule has 1 N–H and O–H groups in total. The van der Waals surface area contributed by atoms with Gasteiger partial charge in [-0.05, 0) is 25.0 Å². The summed E-state index contributed by atoms with van der Waals surface area (Å²) in [5.74, 6) is -0.495. The molecule has 1 saturated heterocycles. The van der Waals surface area contributed by atoms with Gasteiger partial charge in [0.1, 0.15) is 5.65 Å². The fourth-order valence-electron chi connectivity index (χ4n) is 2.33. The highest BCUT2D eigenvalue weighted by Gasteiger charge is 2.18. The third-order valence-corrected chi connectivity index (χ3v) is 3.36. The fourth-order valence-corrected chi connectivity index (χ4v) is 2.33. The van der Waals surface area contributed by atoms with E-state index in [1.807, 2.05) is 6.20 Å². The van der Waals surface area contributed by atoms with Crippen molar-refractivity contribution in [3.8, 4) is 0 Å². The van der Waals surface area contributed by atoms with Crippen molar-refractivity contribution in [1.82, 2.24) is 9.38 Å². The summed E-state index contributed by atoms with van der Waals surface area (Å²) in [5, 5.41) is 8.95. The van der Waals surface area contributed by atoms with Gasteiger partial charge >= 0.3 is 5.97 Å². The van der Waals surface area contributed by atoms with Crippen LogP contribution in [-0.2, 0) is 4.74 Å². The fraction of sp³-hybridized carbons (Fsp3) is 0.385. The number of nitrogens with zero attached hydrogens (tertiary/aromatic N) is 2. The number of aromatic carboxylic acids is 1. The maximum Gasteiger partial charge on any atom is 0.337 e. The molecule has 1 aliphatic rings. The first kappa shape index (κ1) is 11.2. The number of carbonyl (C=O) groups is 1. The van der Waals surface area contributed by atoms with Crippen molar-refractivity contribution in [2.75, 3.05) is 13.2 Å². The molecule has 0 saturated carbocycles. The van der Waals surface area contributed by atoms with Gasteiger partial charge in [-0.25, -0.2) is 9.78 Å². The number of rotatable bonds is 2. The number of aromatic nitrogens is 2. The molecule has 3 rings (SSSR count).